The molecule has 0 atom stereocenters. The molecule has 0 aliphatic carbocycles. The molecule has 0 aliphatic heterocycles. The quantitative estimate of drug-likeness (QED) is 0.714. The van der Waals surface area contributed by atoms with Crippen LogP contribution in [-0.4, -0.2) is 16.3 Å². The number of halogens is 1. The lowest BCUT2D eigenvalue weighted by atomic mass is 9.92. The zero-order chi connectivity index (χ0) is 13.4. The van der Waals surface area contributed by atoms with Gasteiger partial charge < -0.3 is 4.74 Å². The summed E-state index contributed by atoms with van der Waals surface area (Å²) < 4.78 is 7.69. The van der Waals surface area contributed by atoms with Crippen molar-refractivity contribution < 1.29 is 9.53 Å². The summed E-state index contributed by atoms with van der Waals surface area (Å²) in [6, 6.07) is 3.80. The summed E-state index contributed by atoms with van der Waals surface area (Å²) in [6.07, 6.45) is -0.348. The molecule has 17 heavy (non-hydrogen) atoms. The molecule has 0 spiro atoms. The molecular formula is C13H20BrNO2. The Hall–Kier alpha value is -0.770. The molecule has 0 bridgehead atoms. The van der Waals surface area contributed by atoms with E-state index in [0.29, 0.717) is 0 Å². The lowest BCUT2D eigenvalue weighted by molar-refractivity contribution is 0.0524. The van der Waals surface area contributed by atoms with Gasteiger partial charge in [0.1, 0.15) is 5.60 Å². The van der Waals surface area contributed by atoms with E-state index in [2.05, 4.69) is 36.7 Å². The summed E-state index contributed by atoms with van der Waals surface area (Å²) in [6.45, 7) is 11.8. The van der Waals surface area contributed by atoms with E-state index < -0.39 is 5.60 Å². The van der Waals surface area contributed by atoms with Crippen LogP contribution in [-0.2, 0) is 10.2 Å². The van der Waals surface area contributed by atoms with Gasteiger partial charge in [-0.05, 0) is 48.8 Å². The predicted molar refractivity (Wildman–Crippen MR) is 72.5 cm³/mol. The van der Waals surface area contributed by atoms with Gasteiger partial charge in [-0.2, -0.15) is 0 Å². The average molecular weight is 302 g/mol. The van der Waals surface area contributed by atoms with Gasteiger partial charge in [-0.3, -0.25) is 0 Å². The minimum absolute atomic E-state index is 0.108. The highest BCUT2D eigenvalue weighted by Gasteiger charge is 2.26. The summed E-state index contributed by atoms with van der Waals surface area (Å²) in [5, 5.41) is 0. The maximum Gasteiger partial charge on any atom is 0.419 e. The van der Waals surface area contributed by atoms with Gasteiger partial charge in [0.05, 0.1) is 4.60 Å². The van der Waals surface area contributed by atoms with Crippen molar-refractivity contribution in [2.45, 2.75) is 52.6 Å². The van der Waals surface area contributed by atoms with Crippen molar-refractivity contribution in [3.05, 3.63) is 22.4 Å². The van der Waals surface area contributed by atoms with Gasteiger partial charge in [0.25, 0.3) is 0 Å². The molecule has 0 N–H and O–H groups in total. The first-order valence-electron chi connectivity index (χ1n) is 5.63. The zero-order valence-corrected chi connectivity index (χ0v) is 12.9. The van der Waals surface area contributed by atoms with Gasteiger partial charge in [0, 0.05) is 11.1 Å². The number of hydrogen-bond donors (Lipinski definition) is 0. The Labute approximate surface area is 111 Å². The normalized spacial score (nSPS) is 12.6. The second kappa shape index (κ2) is 4.48. The van der Waals surface area contributed by atoms with Crippen molar-refractivity contribution in [1.29, 1.82) is 0 Å². The largest absolute Gasteiger partial charge is 0.443 e. The van der Waals surface area contributed by atoms with Gasteiger partial charge in [0.2, 0.25) is 0 Å². The second-order valence-electron chi connectivity index (χ2n) is 6.11. The first-order chi connectivity index (χ1) is 7.52. The third-order valence-electron chi connectivity index (χ3n) is 2.18. The smallest absolute Gasteiger partial charge is 0.419 e. The van der Waals surface area contributed by atoms with Crippen LogP contribution in [0.2, 0.25) is 0 Å². The molecule has 0 aromatic carbocycles. The van der Waals surface area contributed by atoms with Crippen LogP contribution in [0.15, 0.2) is 16.7 Å². The maximum absolute atomic E-state index is 12.1. The van der Waals surface area contributed by atoms with E-state index in [-0.39, 0.29) is 11.5 Å². The predicted octanol–water partition coefficient (Wildman–Crippen LogP) is 4.33. The minimum atomic E-state index is -0.490. The monoisotopic (exact) mass is 301 g/mol. The Morgan fingerprint density at radius 3 is 2.12 bits per heavy atom. The number of carbonyl (C=O) groups is 1. The van der Waals surface area contributed by atoms with E-state index in [1.807, 2.05) is 32.9 Å². The third-order valence-corrected chi connectivity index (χ3v) is 2.80. The first kappa shape index (κ1) is 14.3. The number of nitrogens with zero attached hydrogens (tertiary/aromatic N) is 1. The van der Waals surface area contributed by atoms with E-state index in [4.69, 9.17) is 4.74 Å². The molecule has 0 unspecified atom stereocenters. The molecule has 0 aliphatic rings. The zero-order valence-electron chi connectivity index (χ0n) is 11.3. The van der Waals surface area contributed by atoms with Crippen molar-refractivity contribution in [2.75, 3.05) is 0 Å². The number of rotatable bonds is 0. The van der Waals surface area contributed by atoms with Crippen molar-refractivity contribution in [3.63, 3.8) is 0 Å². The summed E-state index contributed by atoms with van der Waals surface area (Å²) in [4.78, 5) is 12.1. The standard InChI is InChI=1S/C13H20BrNO2/c1-12(2,3)9-7-8-10(14)15(9)11(16)17-13(4,5)6/h7-8H,1-6H3. The van der Waals surface area contributed by atoms with Gasteiger partial charge >= 0.3 is 6.09 Å². The number of ether oxygens (including phenoxy) is 1. The minimum Gasteiger partial charge on any atom is -0.443 e. The van der Waals surface area contributed by atoms with E-state index in [1.54, 1.807) is 4.57 Å². The molecule has 0 amide bonds. The molecule has 1 heterocycles. The summed E-state index contributed by atoms with van der Waals surface area (Å²) in [7, 11) is 0. The average Bonchev–Trinajstić information content (AvgIpc) is 2.42. The van der Waals surface area contributed by atoms with E-state index in [0.717, 1.165) is 10.3 Å². The lowest BCUT2D eigenvalue weighted by Gasteiger charge is -2.24. The number of carbonyl (C=O) groups excluding carboxylic acids is 1. The molecule has 0 radical (unpaired) electrons. The Morgan fingerprint density at radius 1 is 1.18 bits per heavy atom. The first-order valence-corrected chi connectivity index (χ1v) is 6.43. The van der Waals surface area contributed by atoms with Crippen LogP contribution < -0.4 is 0 Å². The highest BCUT2D eigenvalue weighted by Crippen LogP contribution is 2.28. The number of aromatic nitrogens is 1. The van der Waals surface area contributed by atoms with Crippen LogP contribution in [0, 0.1) is 0 Å². The van der Waals surface area contributed by atoms with Crippen molar-refractivity contribution in [1.82, 2.24) is 4.57 Å². The maximum atomic E-state index is 12.1. The van der Waals surface area contributed by atoms with E-state index in [1.165, 1.54) is 0 Å². The lowest BCUT2D eigenvalue weighted by Crippen LogP contribution is -2.30. The van der Waals surface area contributed by atoms with Crippen molar-refractivity contribution in [2.24, 2.45) is 0 Å². The second-order valence-corrected chi connectivity index (χ2v) is 6.92. The molecule has 0 saturated heterocycles. The van der Waals surface area contributed by atoms with Gasteiger partial charge in [0.15, 0.2) is 0 Å². The van der Waals surface area contributed by atoms with Crippen LogP contribution in [0.3, 0.4) is 0 Å². The van der Waals surface area contributed by atoms with E-state index >= 15 is 0 Å². The van der Waals surface area contributed by atoms with Crippen LogP contribution in [0.4, 0.5) is 4.79 Å². The molecule has 96 valence electrons. The Morgan fingerprint density at radius 2 is 1.71 bits per heavy atom. The molecule has 1 aromatic rings. The molecule has 0 fully saturated rings. The van der Waals surface area contributed by atoms with E-state index in [9.17, 15) is 4.79 Å². The number of hydrogen-bond acceptors (Lipinski definition) is 2. The third kappa shape index (κ3) is 3.60. The molecule has 4 heteroatoms. The van der Waals surface area contributed by atoms with Crippen LogP contribution >= 0.6 is 15.9 Å². The molecule has 3 nitrogen and oxygen atoms in total. The van der Waals surface area contributed by atoms with Gasteiger partial charge in [-0.25, -0.2) is 9.36 Å². The highest BCUT2D eigenvalue weighted by molar-refractivity contribution is 9.10. The SMILES string of the molecule is CC(C)(C)OC(=O)n1c(Br)ccc1C(C)(C)C. The van der Waals surface area contributed by atoms with Crippen LogP contribution in [0.5, 0.6) is 0 Å². The molecule has 1 rings (SSSR count). The highest BCUT2D eigenvalue weighted by atomic mass is 79.9. The van der Waals surface area contributed by atoms with Crippen molar-refractivity contribution in [3.8, 4) is 0 Å². The van der Waals surface area contributed by atoms with Gasteiger partial charge in [-0.1, -0.05) is 20.8 Å². The van der Waals surface area contributed by atoms with Crippen LogP contribution in [0.25, 0.3) is 0 Å². The summed E-state index contributed by atoms with van der Waals surface area (Å²) in [5.41, 5.74) is 0.331. The van der Waals surface area contributed by atoms with Gasteiger partial charge in [-0.15, -0.1) is 0 Å². The fraction of sp³-hybridized carbons (Fsp3) is 0.615. The Bertz CT molecular complexity index is 422. The molecule has 1 aromatic heterocycles. The summed E-state index contributed by atoms with van der Waals surface area (Å²) >= 11 is 3.38. The summed E-state index contributed by atoms with van der Waals surface area (Å²) in [5.74, 6) is 0. The molecule has 0 saturated carbocycles. The fourth-order valence-corrected chi connectivity index (χ4v) is 1.96. The Kier molecular flexibility index (Phi) is 3.77. The van der Waals surface area contributed by atoms with Crippen molar-refractivity contribution >= 4 is 22.0 Å². The fourth-order valence-electron chi connectivity index (χ4n) is 1.49. The molecular weight excluding hydrogens is 282 g/mol. The topological polar surface area (TPSA) is 31.2 Å². The van der Waals surface area contributed by atoms with Crippen LogP contribution in [0.1, 0.15) is 47.2 Å². The Balaban J connectivity index is 3.14.